The Labute approximate surface area is 114 Å². The van der Waals surface area contributed by atoms with Crippen LogP contribution in [0.2, 0.25) is 0 Å². The van der Waals surface area contributed by atoms with Crippen molar-refractivity contribution in [3.05, 3.63) is 29.3 Å². The van der Waals surface area contributed by atoms with Crippen LogP contribution in [0.1, 0.15) is 37.3 Å². The molecule has 0 spiro atoms. The molecule has 2 N–H and O–H groups in total. The maximum absolute atomic E-state index is 12.2. The molecule has 2 rings (SSSR count). The molecular weight excluding hydrogens is 262 g/mol. The summed E-state index contributed by atoms with van der Waals surface area (Å²) >= 11 is 0. The van der Waals surface area contributed by atoms with Gasteiger partial charge in [0.15, 0.2) is 0 Å². The van der Waals surface area contributed by atoms with E-state index in [0.717, 1.165) is 12.0 Å². The Morgan fingerprint density at radius 2 is 2.11 bits per heavy atom. The van der Waals surface area contributed by atoms with Crippen LogP contribution in [0.4, 0.5) is 0 Å². The second-order valence-electron chi connectivity index (χ2n) is 5.45. The summed E-state index contributed by atoms with van der Waals surface area (Å²) in [7, 11) is -3.49. The number of hydrogen-bond donors (Lipinski definition) is 2. The average molecular weight is 283 g/mol. The summed E-state index contributed by atoms with van der Waals surface area (Å²) in [6.07, 6.45) is 3.33. The lowest BCUT2D eigenvalue weighted by Gasteiger charge is -2.14. The zero-order valence-corrected chi connectivity index (χ0v) is 12.2. The Kier molecular flexibility index (Phi) is 4.28. The fourth-order valence-corrected chi connectivity index (χ4v) is 3.53. The molecule has 1 unspecified atom stereocenters. The van der Waals surface area contributed by atoms with E-state index >= 15 is 0 Å². The Hall–Kier alpha value is -0.910. The van der Waals surface area contributed by atoms with Crippen molar-refractivity contribution < 1.29 is 13.5 Å². The lowest BCUT2D eigenvalue weighted by molar-refractivity contribution is 0.280. The van der Waals surface area contributed by atoms with Crippen LogP contribution in [-0.4, -0.2) is 19.6 Å². The minimum absolute atomic E-state index is 0.0450. The summed E-state index contributed by atoms with van der Waals surface area (Å²) in [5, 5.41) is 9.20. The molecule has 1 aliphatic carbocycles. The van der Waals surface area contributed by atoms with Crippen LogP contribution in [-0.2, 0) is 16.6 Å². The molecule has 4 nitrogen and oxygen atoms in total. The zero-order valence-electron chi connectivity index (χ0n) is 11.4. The van der Waals surface area contributed by atoms with Gasteiger partial charge in [-0.3, -0.25) is 0 Å². The Morgan fingerprint density at radius 1 is 1.42 bits per heavy atom. The number of aliphatic hydroxyl groups is 1. The number of nitrogens with one attached hydrogen (secondary N) is 1. The van der Waals surface area contributed by atoms with Gasteiger partial charge in [0.2, 0.25) is 10.0 Å². The molecule has 1 aromatic rings. The third-order valence-electron chi connectivity index (χ3n) is 3.54. The first-order chi connectivity index (χ1) is 8.92. The predicted molar refractivity (Wildman–Crippen MR) is 74.2 cm³/mol. The van der Waals surface area contributed by atoms with Gasteiger partial charge in [-0.15, -0.1) is 0 Å². The van der Waals surface area contributed by atoms with Crippen LogP contribution >= 0.6 is 0 Å². The van der Waals surface area contributed by atoms with Gasteiger partial charge in [-0.1, -0.05) is 18.9 Å². The van der Waals surface area contributed by atoms with Crippen molar-refractivity contribution in [2.24, 2.45) is 5.92 Å². The molecule has 1 fully saturated rings. The van der Waals surface area contributed by atoms with Crippen LogP contribution < -0.4 is 4.72 Å². The number of sulfonamides is 1. The van der Waals surface area contributed by atoms with Gasteiger partial charge in [-0.2, -0.15) is 0 Å². The van der Waals surface area contributed by atoms with Gasteiger partial charge < -0.3 is 5.11 Å². The predicted octanol–water partition coefficient (Wildman–Crippen LogP) is 1.95. The molecule has 0 amide bonds. The third-order valence-corrected chi connectivity index (χ3v) is 5.13. The van der Waals surface area contributed by atoms with Gasteiger partial charge in [0.05, 0.1) is 11.5 Å². The van der Waals surface area contributed by atoms with Gasteiger partial charge in [-0.25, -0.2) is 13.1 Å². The van der Waals surface area contributed by atoms with E-state index in [1.807, 2.05) is 13.8 Å². The summed E-state index contributed by atoms with van der Waals surface area (Å²) < 4.78 is 27.2. The maximum Gasteiger partial charge on any atom is 0.240 e. The van der Waals surface area contributed by atoms with Crippen LogP contribution in [0.5, 0.6) is 0 Å². The molecule has 0 heterocycles. The van der Waals surface area contributed by atoms with E-state index in [2.05, 4.69) is 4.72 Å². The Bertz CT molecular complexity index is 550. The van der Waals surface area contributed by atoms with Gasteiger partial charge in [0.25, 0.3) is 0 Å². The van der Waals surface area contributed by atoms with Crippen molar-refractivity contribution >= 4 is 10.0 Å². The summed E-state index contributed by atoms with van der Waals surface area (Å²) in [4.78, 5) is 0.227. The molecule has 106 valence electrons. The Morgan fingerprint density at radius 3 is 2.68 bits per heavy atom. The van der Waals surface area contributed by atoms with Crippen molar-refractivity contribution in [2.45, 2.75) is 50.7 Å². The summed E-state index contributed by atoms with van der Waals surface area (Å²) in [6.45, 7) is 3.61. The first-order valence-corrected chi connectivity index (χ1v) is 8.13. The van der Waals surface area contributed by atoms with Gasteiger partial charge in [0, 0.05) is 6.04 Å². The molecule has 0 aromatic heterocycles. The van der Waals surface area contributed by atoms with E-state index in [-0.39, 0.29) is 17.5 Å². The summed E-state index contributed by atoms with van der Waals surface area (Å²) in [5.74, 6) is 0.684. The van der Waals surface area contributed by atoms with Crippen molar-refractivity contribution in [3.8, 4) is 0 Å². The van der Waals surface area contributed by atoms with E-state index in [0.29, 0.717) is 11.5 Å². The molecule has 1 atom stereocenters. The number of hydrogen-bond acceptors (Lipinski definition) is 3. The van der Waals surface area contributed by atoms with Gasteiger partial charge >= 0.3 is 0 Å². The fourth-order valence-electron chi connectivity index (χ4n) is 2.22. The van der Waals surface area contributed by atoms with Crippen molar-refractivity contribution in [1.29, 1.82) is 0 Å². The largest absolute Gasteiger partial charge is 0.392 e. The molecule has 0 saturated heterocycles. The quantitative estimate of drug-likeness (QED) is 0.838. The first-order valence-electron chi connectivity index (χ1n) is 6.65. The van der Waals surface area contributed by atoms with Gasteiger partial charge in [0.1, 0.15) is 0 Å². The highest BCUT2D eigenvalue weighted by atomic mass is 32.2. The van der Waals surface area contributed by atoms with Crippen LogP contribution in [0.15, 0.2) is 23.1 Å². The van der Waals surface area contributed by atoms with E-state index in [9.17, 15) is 13.5 Å². The lowest BCUT2D eigenvalue weighted by Crippen LogP contribution is -2.33. The highest BCUT2D eigenvalue weighted by Gasteiger charge is 2.26. The number of aliphatic hydroxyl groups excluding tert-OH is 1. The van der Waals surface area contributed by atoms with Crippen molar-refractivity contribution in [2.75, 3.05) is 0 Å². The standard InChI is InChI=1S/C14H21NO3S/c1-10-3-6-14(8-13(10)9-16)19(17,18)15-11(2)7-12-4-5-12/h3,6,8,11-12,15-16H,4-5,7,9H2,1-2H3. The van der Waals surface area contributed by atoms with E-state index in [1.165, 1.54) is 12.8 Å². The molecule has 1 aromatic carbocycles. The SMILES string of the molecule is Cc1ccc(S(=O)(=O)NC(C)CC2CC2)cc1CO. The van der Waals surface area contributed by atoms with Crippen molar-refractivity contribution in [1.82, 2.24) is 4.72 Å². The van der Waals surface area contributed by atoms with Gasteiger partial charge in [-0.05, 0) is 49.4 Å². The number of aryl methyl sites for hydroxylation is 1. The zero-order chi connectivity index (χ0) is 14.0. The van der Waals surface area contributed by atoms with Crippen molar-refractivity contribution in [3.63, 3.8) is 0 Å². The first kappa shape index (κ1) is 14.5. The Balaban J connectivity index is 2.13. The van der Waals surface area contributed by atoms with Crippen LogP contribution in [0.25, 0.3) is 0 Å². The molecule has 1 aliphatic rings. The minimum Gasteiger partial charge on any atom is -0.392 e. The molecule has 19 heavy (non-hydrogen) atoms. The molecule has 1 saturated carbocycles. The maximum atomic E-state index is 12.2. The topological polar surface area (TPSA) is 66.4 Å². The lowest BCUT2D eigenvalue weighted by atomic mass is 10.1. The van der Waals surface area contributed by atoms with Crippen LogP contribution in [0, 0.1) is 12.8 Å². The third kappa shape index (κ3) is 3.78. The number of benzene rings is 1. The monoisotopic (exact) mass is 283 g/mol. The highest BCUT2D eigenvalue weighted by molar-refractivity contribution is 7.89. The summed E-state index contributed by atoms with van der Waals surface area (Å²) in [6, 6.07) is 4.81. The second-order valence-corrected chi connectivity index (χ2v) is 7.16. The van der Waals surface area contributed by atoms with Crippen LogP contribution in [0.3, 0.4) is 0 Å². The molecule has 0 bridgehead atoms. The average Bonchev–Trinajstić information content (AvgIpc) is 3.12. The minimum atomic E-state index is -3.49. The number of rotatable bonds is 6. The second kappa shape index (κ2) is 5.61. The molecule has 0 aliphatic heterocycles. The molecule has 0 radical (unpaired) electrons. The highest BCUT2D eigenvalue weighted by Crippen LogP contribution is 2.33. The van der Waals surface area contributed by atoms with E-state index in [4.69, 9.17) is 0 Å². The molecular formula is C14H21NO3S. The van der Waals surface area contributed by atoms with E-state index in [1.54, 1.807) is 18.2 Å². The van der Waals surface area contributed by atoms with E-state index < -0.39 is 10.0 Å². The normalized spacial score (nSPS) is 17.4. The molecule has 5 heteroatoms. The fraction of sp³-hybridized carbons (Fsp3) is 0.571. The smallest absolute Gasteiger partial charge is 0.240 e. The summed E-state index contributed by atoms with van der Waals surface area (Å²) in [5.41, 5.74) is 1.55.